The highest BCUT2D eigenvalue weighted by Gasteiger charge is 2.50. The summed E-state index contributed by atoms with van der Waals surface area (Å²) in [6.45, 7) is 14.9. The van der Waals surface area contributed by atoms with Crippen LogP contribution in [0.1, 0.15) is 75.1 Å². The Balaban J connectivity index is 1.89. The number of fused-ring (bicyclic) bond motifs is 2. The Bertz CT molecular complexity index is 740. The van der Waals surface area contributed by atoms with Crippen molar-refractivity contribution in [1.29, 1.82) is 0 Å². The van der Waals surface area contributed by atoms with E-state index in [-0.39, 0.29) is 15.8 Å². The van der Waals surface area contributed by atoms with Gasteiger partial charge in [-0.3, -0.25) is 0 Å². The van der Waals surface area contributed by atoms with E-state index in [1.165, 1.54) is 12.3 Å². The fourth-order valence-electron chi connectivity index (χ4n) is 4.82. The van der Waals surface area contributed by atoms with Gasteiger partial charge in [-0.15, -0.1) is 0 Å². The number of hydrogen-bond acceptors (Lipinski definition) is 0. The zero-order valence-electron chi connectivity index (χ0n) is 17.1. The zero-order valence-corrected chi connectivity index (χ0v) is 18.9. The molecule has 2 aliphatic heterocycles. The van der Waals surface area contributed by atoms with E-state index in [1.54, 1.807) is 22.3 Å². The van der Waals surface area contributed by atoms with E-state index in [1.807, 2.05) is 0 Å². The topological polar surface area (TPSA) is 0 Å². The molecule has 0 radical (unpaired) electrons. The van der Waals surface area contributed by atoms with Crippen LogP contribution in [0.25, 0.3) is 0 Å². The minimum atomic E-state index is -0.0695. The maximum atomic E-state index is 2.48. The van der Waals surface area contributed by atoms with Gasteiger partial charge in [-0.1, -0.05) is 106 Å². The Morgan fingerprint density at radius 3 is 1.31 bits per heavy atom. The summed E-state index contributed by atoms with van der Waals surface area (Å²) in [5.41, 5.74) is 8.07. The van der Waals surface area contributed by atoms with Crippen molar-refractivity contribution in [3.63, 3.8) is 0 Å². The fraction of sp³-hybridized carbons (Fsp3) is 0.500. The lowest BCUT2D eigenvalue weighted by Crippen LogP contribution is -2.20. The first-order chi connectivity index (χ1) is 12.2. The lowest BCUT2D eigenvalue weighted by Gasteiger charge is -2.42. The van der Waals surface area contributed by atoms with Gasteiger partial charge >= 0.3 is 0 Å². The lowest BCUT2D eigenvalue weighted by molar-refractivity contribution is 0.736. The summed E-state index contributed by atoms with van der Waals surface area (Å²) >= 11 is 0. The normalized spacial score (nSPS) is 28.1. The third-order valence-corrected chi connectivity index (χ3v) is 13.7. The van der Waals surface area contributed by atoms with E-state index in [9.17, 15) is 0 Å². The molecule has 2 heterocycles. The van der Waals surface area contributed by atoms with Crippen LogP contribution in [-0.2, 0) is 12.3 Å². The number of benzene rings is 2. The molecule has 0 N–H and O–H groups in total. The molecule has 0 aromatic heterocycles. The monoisotopic (exact) mass is 382 g/mol. The number of rotatable bonds is 1. The van der Waals surface area contributed by atoms with Gasteiger partial charge in [0.2, 0.25) is 0 Å². The van der Waals surface area contributed by atoms with E-state index in [0.29, 0.717) is 10.3 Å². The summed E-state index contributed by atoms with van der Waals surface area (Å²) in [7, 11) is -0.139. The van der Waals surface area contributed by atoms with Crippen LogP contribution in [0.2, 0.25) is 0 Å². The van der Waals surface area contributed by atoms with Gasteiger partial charge in [0, 0.05) is 11.3 Å². The Morgan fingerprint density at radius 1 is 0.615 bits per heavy atom. The van der Waals surface area contributed by atoms with Crippen LogP contribution in [0.3, 0.4) is 0 Å². The van der Waals surface area contributed by atoms with Crippen LogP contribution >= 0.6 is 15.8 Å². The summed E-state index contributed by atoms with van der Waals surface area (Å²) < 4.78 is 0. The standard InChI is InChI=1S/C24H32P2/c1-23(2,3)25-15-17-11-7-9-13-19(17)21(25)22-20-14-10-8-12-18(20)16-26(22)24(4,5)6/h7-14,21-22H,15-16H2,1-6H3/t21?,22?,25-,26?/m0/s1. The largest absolute Gasteiger partial charge is 0.0880 e. The summed E-state index contributed by atoms with van der Waals surface area (Å²) in [4.78, 5) is 0. The number of hydrogen-bond donors (Lipinski definition) is 0. The third-order valence-electron chi connectivity index (χ3n) is 6.12. The summed E-state index contributed by atoms with van der Waals surface area (Å²) in [6.07, 6.45) is 2.62. The first kappa shape index (κ1) is 18.7. The molecule has 3 unspecified atom stereocenters. The molecule has 0 nitrogen and oxygen atoms in total. The predicted molar refractivity (Wildman–Crippen MR) is 119 cm³/mol. The minimum absolute atomic E-state index is 0.0695. The summed E-state index contributed by atoms with van der Waals surface area (Å²) in [6, 6.07) is 18.7. The average Bonchev–Trinajstić information content (AvgIpc) is 3.12. The van der Waals surface area contributed by atoms with Crippen LogP contribution in [0, 0.1) is 0 Å². The lowest BCUT2D eigenvalue weighted by atomic mass is 9.98. The van der Waals surface area contributed by atoms with Crippen LogP contribution in [0.15, 0.2) is 48.5 Å². The molecule has 4 rings (SSSR count). The van der Waals surface area contributed by atoms with Gasteiger partial charge in [-0.05, 0) is 44.9 Å². The summed E-state index contributed by atoms with van der Waals surface area (Å²) in [5.74, 6) is 0. The molecule has 0 aliphatic carbocycles. The van der Waals surface area contributed by atoms with Crippen molar-refractivity contribution in [2.24, 2.45) is 0 Å². The van der Waals surface area contributed by atoms with Gasteiger partial charge in [0.05, 0.1) is 0 Å². The van der Waals surface area contributed by atoms with Crippen molar-refractivity contribution in [1.82, 2.24) is 0 Å². The van der Waals surface area contributed by atoms with Crippen molar-refractivity contribution < 1.29 is 0 Å². The van der Waals surface area contributed by atoms with E-state index in [4.69, 9.17) is 0 Å². The molecular weight excluding hydrogens is 350 g/mol. The molecule has 2 aromatic rings. The molecule has 2 heteroatoms. The average molecular weight is 382 g/mol. The Hall–Kier alpha value is -0.700. The molecule has 2 aliphatic rings. The van der Waals surface area contributed by atoms with E-state index in [0.717, 1.165) is 11.3 Å². The van der Waals surface area contributed by atoms with Crippen LogP contribution in [0.4, 0.5) is 0 Å². The highest BCUT2D eigenvalue weighted by Crippen LogP contribution is 2.80. The molecular formula is C24H32P2. The highest BCUT2D eigenvalue weighted by atomic mass is 31.1. The predicted octanol–water partition coefficient (Wildman–Crippen LogP) is 8.06. The maximum Gasteiger partial charge on any atom is 0.0161 e. The Kier molecular flexibility index (Phi) is 4.61. The maximum absolute atomic E-state index is 2.48. The molecule has 0 fully saturated rings. The van der Waals surface area contributed by atoms with Gasteiger partial charge < -0.3 is 0 Å². The van der Waals surface area contributed by atoms with E-state index < -0.39 is 0 Å². The van der Waals surface area contributed by atoms with Crippen molar-refractivity contribution >= 4 is 15.8 Å². The van der Waals surface area contributed by atoms with E-state index >= 15 is 0 Å². The smallest absolute Gasteiger partial charge is 0.0161 e. The first-order valence-corrected chi connectivity index (χ1v) is 13.1. The van der Waals surface area contributed by atoms with Gasteiger partial charge in [-0.2, -0.15) is 0 Å². The van der Waals surface area contributed by atoms with Gasteiger partial charge in [0.25, 0.3) is 0 Å². The molecule has 26 heavy (non-hydrogen) atoms. The Labute approximate surface area is 162 Å². The molecule has 0 amide bonds. The van der Waals surface area contributed by atoms with Gasteiger partial charge in [0.1, 0.15) is 0 Å². The minimum Gasteiger partial charge on any atom is -0.0880 e. The third kappa shape index (κ3) is 3.08. The van der Waals surface area contributed by atoms with Gasteiger partial charge in [0.15, 0.2) is 0 Å². The van der Waals surface area contributed by atoms with Gasteiger partial charge in [-0.25, -0.2) is 0 Å². The van der Waals surface area contributed by atoms with Crippen molar-refractivity contribution in [3.8, 4) is 0 Å². The second-order valence-corrected chi connectivity index (χ2v) is 16.2. The fourth-order valence-corrected chi connectivity index (χ4v) is 12.3. The second kappa shape index (κ2) is 6.43. The quantitative estimate of drug-likeness (QED) is 0.438. The molecule has 138 valence electrons. The molecule has 0 spiro atoms. The first-order valence-electron chi connectivity index (χ1n) is 9.87. The van der Waals surface area contributed by atoms with E-state index in [2.05, 4.69) is 90.1 Å². The molecule has 0 bridgehead atoms. The highest BCUT2D eigenvalue weighted by molar-refractivity contribution is 7.63. The molecule has 0 saturated heterocycles. The molecule has 4 atom stereocenters. The van der Waals surface area contributed by atoms with Crippen molar-refractivity contribution in [3.05, 3.63) is 70.8 Å². The SMILES string of the molecule is CC(C)(C)P1Cc2ccccc2C1C1c2ccccc2C[P@]1C(C)(C)C. The Morgan fingerprint density at radius 2 is 0.962 bits per heavy atom. The van der Waals surface area contributed by atoms with Crippen LogP contribution in [-0.4, -0.2) is 10.3 Å². The van der Waals surface area contributed by atoms with Crippen LogP contribution in [0.5, 0.6) is 0 Å². The molecule has 2 aromatic carbocycles. The van der Waals surface area contributed by atoms with Crippen LogP contribution < -0.4 is 0 Å². The zero-order chi connectivity index (χ0) is 18.7. The van der Waals surface area contributed by atoms with Crippen molar-refractivity contribution in [2.75, 3.05) is 0 Å². The second-order valence-electron chi connectivity index (χ2n) is 9.88. The summed E-state index contributed by atoms with van der Waals surface area (Å²) in [5, 5.41) is 0.797. The molecule has 0 saturated carbocycles. The van der Waals surface area contributed by atoms with Crippen molar-refractivity contribution in [2.45, 2.75) is 75.5 Å².